The molecule has 0 amide bonds. The van der Waals surface area contributed by atoms with Crippen molar-refractivity contribution in [3.63, 3.8) is 0 Å². The molecule has 2 aromatic heterocycles. The number of esters is 1. The van der Waals surface area contributed by atoms with Crippen molar-refractivity contribution in [1.29, 1.82) is 0 Å². The van der Waals surface area contributed by atoms with Gasteiger partial charge in [-0.2, -0.15) is 5.10 Å². The van der Waals surface area contributed by atoms with E-state index in [2.05, 4.69) is 10.1 Å². The molecule has 2 heterocycles. The number of aromatic nitrogens is 3. The van der Waals surface area contributed by atoms with Crippen LogP contribution in [0.3, 0.4) is 0 Å². The minimum atomic E-state index is -2.86. The van der Waals surface area contributed by atoms with Crippen LogP contribution >= 0.6 is 0 Å². The van der Waals surface area contributed by atoms with Gasteiger partial charge in [0.05, 0.1) is 12.8 Å². The van der Waals surface area contributed by atoms with Crippen LogP contribution in [0.15, 0.2) is 24.5 Å². The molecule has 0 bridgehead atoms. The Bertz CT molecular complexity index is 626. The van der Waals surface area contributed by atoms with Gasteiger partial charge in [-0.05, 0) is 31.5 Å². The number of pyridine rings is 1. The molecular formula is C13H13F2N3O2. The molecule has 20 heavy (non-hydrogen) atoms. The summed E-state index contributed by atoms with van der Waals surface area (Å²) in [6.45, 7) is 3.52. The second-order valence-electron chi connectivity index (χ2n) is 4.07. The Morgan fingerprint density at radius 1 is 1.50 bits per heavy atom. The van der Waals surface area contributed by atoms with Gasteiger partial charge >= 0.3 is 5.97 Å². The van der Waals surface area contributed by atoms with Crippen LogP contribution < -0.4 is 0 Å². The van der Waals surface area contributed by atoms with E-state index < -0.39 is 18.1 Å². The zero-order valence-corrected chi connectivity index (χ0v) is 11.0. The van der Waals surface area contributed by atoms with Crippen molar-refractivity contribution in [1.82, 2.24) is 14.8 Å². The summed E-state index contributed by atoms with van der Waals surface area (Å²) in [5, 5.41) is 3.83. The zero-order valence-electron chi connectivity index (χ0n) is 11.0. The van der Waals surface area contributed by atoms with Crippen LogP contribution in [0.5, 0.6) is 0 Å². The lowest BCUT2D eigenvalue weighted by Crippen LogP contribution is -2.11. The Hall–Kier alpha value is -2.31. The molecule has 0 radical (unpaired) electrons. The summed E-state index contributed by atoms with van der Waals surface area (Å²) < 4.78 is 32.1. The number of ether oxygens (including phenoxy) is 1. The maximum absolute atomic E-state index is 13.2. The highest BCUT2D eigenvalue weighted by atomic mass is 19.3. The van der Waals surface area contributed by atoms with Gasteiger partial charge in [-0.25, -0.2) is 23.2 Å². The van der Waals surface area contributed by atoms with E-state index in [9.17, 15) is 13.6 Å². The molecule has 5 nitrogen and oxygen atoms in total. The van der Waals surface area contributed by atoms with Gasteiger partial charge in [0.1, 0.15) is 11.3 Å². The molecule has 0 spiro atoms. The quantitative estimate of drug-likeness (QED) is 0.808. The van der Waals surface area contributed by atoms with E-state index in [1.165, 1.54) is 6.20 Å². The molecule has 0 saturated heterocycles. The van der Waals surface area contributed by atoms with Crippen molar-refractivity contribution >= 4 is 5.97 Å². The number of hydrogen-bond acceptors (Lipinski definition) is 4. The molecule has 0 aliphatic carbocycles. The monoisotopic (exact) mass is 281 g/mol. The highest BCUT2D eigenvalue weighted by Crippen LogP contribution is 2.25. The standard InChI is InChI=1S/C13H13F2N3O2/c1-3-20-13(19)9-7-17-18(11(9)12(14)15)10-6-8(2)4-5-16-10/h4-7,12H,3H2,1-2H3. The maximum atomic E-state index is 13.2. The van der Waals surface area contributed by atoms with Crippen LogP contribution in [-0.4, -0.2) is 27.3 Å². The molecule has 0 fully saturated rings. The topological polar surface area (TPSA) is 57.0 Å². The van der Waals surface area contributed by atoms with Crippen molar-refractivity contribution in [3.8, 4) is 5.82 Å². The first-order valence-electron chi connectivity index (χ1n) is 6.00. The number of halogens is 2. The predicted octanol–water partition coefficient (Wildman–Crippen LogP) is 2.69. The summed E-state index contributed by atoms with van der Waals surface area (Å²) in [6.07, 6.45) is -0.297. The van der Waals surface area contributed by atoms with Crippen molar-refractivity contribution in [2.45, 2.75) is 20.3 Å². The minimum Gasteiger partial charge on any atom is -0.462 e. The Kier molecular flexibility index (Phi) is 4.07. The van der Waals surface area contributed by atoms with E-state index in [-0.39, 0.29) is 18.0 Å². The van der Waals surface area contributed by atoms with Crippen LogP contribution in [-0.2, 0) is 4.74 Å². The number of hydrogen-bond donors (Lipinski definition) is 0. The molecule has 106 valence electrons. The van der Waals surface area contributed by atoms with E-state index in [4.69, 9.17) is 4.74 Å². The van der Waals surface area contributed by atoms with Gasteiger partial charge in [0, 0.05) is 6.20 Å². The molecule has 0 saturated carbocycles. The molecular weight excluding hydrogens is 268 g/mol. The molecule has 7 heteroatoms. The lowest BCUT2D eigenvalue weighted by Gasteiger charge is -2.08. The highest BCUT2D eigenvalue weighted by molar-refractivity contribution is 5.90. The fourth-order valence-electron chi connectivity index (χ4n) is 1.75. The third-order valence-electron chi connectivity index (χ3n) is 2.63. The molecule has 0 aliphatic heterocycles. The van der Waals surface area contributed by atoms with Gasteiger partial charge in [-0.15, -0.1) is 0 Å². The first-order valence-corrected chi connectivity index (χ1v) is 6.00. The van der Waals surface area contributed by atoms with Crippen LogP contribution in [0.1, 0.15) is 35.0 Å². The van der Waals surface area contributed by atoms with E-state index >= 15 is 0 Å². The van der Waals surface area contributed by atoms with E-state index in [0.717, 1.165) is 16.4 Å². The van der Waals surface area contributed by atoms with Gasteiger partial charge in [0.25, 0.3) is 6.43 Å². The number of nitrogens with zero attached hydrogens (tertiary/aromatic N) is 3. The number of carbonyl (C=O) groups excluding carboxylic acids is 1. The van der Waals surface area contributed by atoms with Gasteiger partial charge in [-0.1, -0.05) is 0 Å². The Balaban J connectivity index is 2.52. The van der Waals surface area contributed by atoms with Crippen molar-refractivity contribution in [2.24, 2.45) is 0 Å². The van der Waals surface area contributed by atoms with Crippen LogP contribution in [0, 0.1) is 6.92 Å². The van der Waals surface area contributed by atoms with Crippen molar-refractivity contribution in [2.75, 3.05) is 6.61 Å². The Morgan fingerprint density at radius 3 is 2.85 bits per heavy atom. The van der Waals surface area contributed by atoms with E-state index in [0.29, 0.717) is 0 Å². The molecule has 2 rings (SSSR count). The molecule has 0 aliphatic rings. The first-order chi connectivity index (χ1) is 9.54. The predicted molar refractivity (Wildman–Crippen MR) is 67.0 cm³/mol. The third kappa shape index (κ3) is 2.66. The summed E-state index contributed by atoms with van der Waals surface area (Å²) >= 11 is 0. The summed E-state index contributed by atoms with van der Waals surface area (Å²) in [5.74, 6) is -0.586. The van der Waals surface area contributed by atoms with Gasteiger partial charge in [0.15, 0.2) is 5.82 Å². The number of aryl methyl sites for hydroxylation is 1. The lowest BCUT2D eigenvalue weighted by atomic mass is 10.2. The lowest BCUT2D eigenvalue weighted by molar-refractivity contribution is 0.0514. The molecule has 0 aromatic carbocycles. The molecule has 0 atom stereocenters. The normalized spacial score (nSPS) is 10.8. The van der Waals surface area contributed by atoms with Crippen LogP contribution in [0.4, 0.5) is 8.78 Å². The number of rotatable bonds is 4. The van der Waals surface area contributed by atoms with Crippen molar-refractivity contribution in [3.05, 3.63) is 41.3 Å². The summed E-state index contributed by atoms with van der Waals surface area (Å²) in [4.78, 5) is 15.6. The largest absolute Gasteiger partial charge is 0.462 e. The highest BCUT2D eigenvalue weighted by Gasteiger charge is 2.26. The van der Waals surface area contributed by atoms with Gasteiger partial charge in [-0.3, -0.25) is 0 Å². The summed E-state index contributed by atoms with van der Waals surface area (Å²) in [7, 11) is 0. The smallest absolute Gasteiger partial charge is 0.341 e. The number of alkyl halides is 2. The number of carbonyl (C=O) groups is 1. The Morgan fingerprint density at radius 2 is 2.25 bits per heavy atom. The fourth-order valence-corrected chi connectivity index (χ4v) is 1.75. The van der Waals surface area contributed by atoms with Crippen LogP contribution in [0.25, 0.3) is 5.82 Å². The van der Waals surface area contributed by atoms with Crippen molar-refractivity contribution < 1.29 is 18.3 Å². The summed E-state index contributed by atoms with van der Waals surface area (Å²) in [6, 6.07) is 3.34. The zero-order chi connectivity index (χ0) is 14.7. The third-order valence-corrected chi connectivity index (χ3v) is 2.63. The van der Waals surface area contributed by atoms with Crippen LogP contribution in [0.2, 0.25) is 0 Å². The first kappa shape index (κ1) is 14.1. The van der Waals surface area contributed by atoms with Gasteiger partial charge < -0.3 is 4.74 Å². The van der Waals surface area contributed by atoms with E-state index in [1.54, 1.807) is 19.1 Å². The SMILES string of the molecule is CCOC(=O)c1cnn(-c2cc(C)ccn2)c1C(F)F. The average molecular weight is 281 g/mol. The minimum absolute atomic E-state index is 0.107. The summed E-state index contributed by atoms with van der Waals surface area (Å²) in [5.41, 5.74) is 0.0927. The second-order valence-corrected chi connectivity index (χ2v) is 4.07. The average Bonchev–Trinajstić information content (AvgIpc) is 2.83. The van der Waals surface area contributed by atoms with E-state index in [1.807, 2.05) is 6.92 Å². The fraction of sp³-hybridized carbons (Fsp3) is 0.308. The molecule has 2 aromatic rings. The second kappa shape index (κ2) is 5.77. The maximum Gasteiger partial charge on any atom is 0.341 e. The molecule has 0 unspecified atom stereocenters. The molecule has 0 N–H and O–H groups in total. The Labute approximate surface area is 114 Å². The van der Waals surface area contributed by atoms with Gasteiger partial charge in [0.2, 0.25) is 0 Å².